The lowest BCUT2D eigenvalue weighted by molar-refractivity contribution is -0.244. The summed E-state index contributed by atoms with van der Waals surface area (Å²) >= 11 is 0. The molecule has 0 radical (unpaired) electrons. The SMILES string of the molecule is CC1=C(c2ccc(S(N)(=O)=O)c(F)c2)N(c2ccccc2)OO1. The van der Waals surface area contributed by atoms with Crippen LogP contribution in [0.1, 0.15) is 12.5 Å². The number of para-hydroxylation sites is 1. The first-order chi connectivity index (χ1) is 10.9. The molecule has 2 N–H and O–H groups in total. The zero-order chi connectivity index (χ0) is 16.6. The van der Waals surface area contributed by atoms with E-state index in [1.165, 1.54) is 11.1 Å². The van der Waals surface area contributed by atoms with E-state index >= 15 is 0 Å². The van der Waals surface area contributed by atoms with Crippen LogP contribution in [0.5, 0.6) is 0 Å². The minimum Gasteiger partial charge on any atom is -0.316 e. The number of primary sulfonamides is 1. The Balaban J connectivity index is 2.06. The molecule has 2 aromatic rings. The number of allylic oxidation sites excluding steroid dienone is 1. The van der Waals surface area contributed by atoms with E-state index in [1.807, 2.05) is 18.2 Å². The van der Waals surface area contributed by atoms with Gasteiger partial charge in [0, 0.05) is 5.56 Å². The van der Waals surface area contributed by atoms with Crippen molar-refractivity contribution < 1.29 is 22.7 Å². The molecule has 1 heterocycles. The summed E-state index contributed by atoms with van der Waals surface area (Å²) in [6.45, 7) is 1.66. The van der Waals surface area contributed by atoms with Crippen molar-refractivity contribution in [3.8, 4) is 0 Å². The first-order valence-electron chi connectivity index (χ1n) is 6.61. The number of nitrogens with two attached hydrogens (primary N) is 1. The highest BCUT2D eigenvalue weighted by Crippen LogP contribution is 2.35. The van der Waals surface area contributed by atoms with Crippen LogP contribution in [-0.4, -0.2) is 8.42 Å². The number of rotatable bonds is 3. The Kier molecular flexibility index (Phi) is 3.80. The highest BCUT2D eigenvalue weighted by Gasteiger charge is 2.28. The summed E-state index contributed by atoms with van der Waals surface area (Å²) < 4.78 is 36.7. The van der Waals surface area contributed by atoms with Crippen LogP contribution in [0.25, 0.3) is 5.70 Å². The normalized spacial score (nSPS) is 15.0. The molecule has 0 amide bonds. The number of benzene rings is 2. The molecule has 0 spiro atoms. The number of hydrogen-bond acceptors (Lipinski definition) is 5. The highest BCUT2D eigenvalue weighted by atomic mass is 32.2. The number of sulfonamides is 1. The lowest BCUT2D eigenvalue weighted by Gasteiger charge is -2.17. The van der Waals surface area contributed by atoms with Crippen LogP contribution in [0.15, 0.2) is 59.2 Å². The lowest BCUT2D eigenvalue weighted by atomic mass is 10.1. The quantitative estimate of drug-likeness (QED) is 0.871. The molecule has 2 aromatic carbocycles. The zero-order valence-corrected chi connectivity index (χ0v) is 12.9. The Hall–Kier alpha value is -2.42. The van der Waals surface area contributed by atoms with Crippen LogP contribution in [-0.2, 0) is 19.9 Å². The average Bonchev–Trinajstić information content (AvgIpc) is 2.88. The highest BCUT2D eigenvalue weighted by molar-refractivity contribution is 7.89. The molecule has 23 heavy (non-hydrogen) atoms. The van der Waals surface area contributed by atoms with E-state index < -0.39 is 20.7 Å². The van der Waals surface area contributed by atoms with Gasteiger partial charge in [-0.3, -0.25) is 0 Å². The number of hydrogen-bond donors (Lipinski definition) is 1. The smallest absolute Gasteiger partial charge is 0.240 e. The average molecular weight is 336 g/mol. The largest absolute Gasteiger partial charge is 0.316 e. The van der Waals surface area contributed by atoms with Gasteiger partial charge in [0.25, 0.3) is 0 Å². The second-order valence-corrected chi connectivity index (χ2v) is 6.41. The Bertz CT molecular complexity index is 882. The maximum Gasteiger partial charge on any atom is 0.240 e. The second kappa shape index (κ2) is 5.65. The van der Waals surface area contributed by atoms with E-state index in [2.05, 4.69) is 0 Å². The molecule has 1 aliphatic rings. The Morgan fingerprint density at radius 3 is 2.43 bits per heavy atom. The van der Waals surface area contributed by atoms with Crippen molar-refractivity contribution in [1.82, 2.24) is 0 Å². The van der Waals surface area contributed by atoms with Crippen LogP contribution in [0.4, 0.5) is 10.1 Å². The third-order valence-electron chi connectivity index (χ3n) is 3.28. The molecule has 6 nitrogen and oxygen atoms in total. The fourth-order valence-corrected chi connectivity index (χ4v) is 2.84. The number of hydroxylamine groups is 1. The first kappa shape index (κ1) is 15.5. The molecule has 120 valence electrons. The molecule has 1 aliphatic heterocycles. The van der Waals surface area contributed by atoms with Crippen molar-refractivity contribution in [1.29, 1.82) is 0 Å². The standard InChI is InChI=1S/C15H13FN2O4S/c1-10-15(18(22-21-10)12-5-3-2-4-6-12)11-7-8-14(13(16)9-11)23(17,19)20/h2-9H,1H3,(H2,17,19,20). The van der Waals surface area contributed by atoms with E-state index in [9.17, 15) is 12.8 Å². The molecule has 0 atom stereocenters. The number of nitrogens with zero attached hydrogens (tertiary/aromatic N) is 1. The van der Waals surface area contributed by atoms with E-state index in [-0.39, 0.29) is 0 Å². The summed E-state index contributed by atoms with van der Waals surface area (Å²) in [7, 11) is -4.12. The maximum atomic E-state index is 14.1. The van der Waals surface area contributed by atoms with Gasteiger partial charge in [0.15, 0.2) is 5.76 Å². The predicted molar refractivity (Wildman–Crippen MR) is 81.5 cm³/mol. The Morgan fingerprint density at radius 2 is 1.83 bits per heavy atom. The van der Waals surface area contributed by atoms with E-state index in [0.29, 0.717) is 22.7 Å². The van der Waals surface area contributed by atoms with Crippen molar-refractivity contribution in [3.05, 3.63) is 65.7 Å². The minimum absolute atomic E-state index is 0.397. The van der Waals surface area contributed by atoms with E-state index in [1.54, 1.807) is 19.1 Å². The molecule has 0 bridgehead atoms. The molecule has 8 heteroatoms. The second-order valence-electron chi connectivity index (χ2n) is 4.88. The fraction of sp³-hybridized carbons (Fsp3) is 0.0667. The molecule has 0 aliphatic carbocycles. The fourth-order valence-electron chi connectivity index (χ4n) is 2.25. The molecular formula is C15H13FN2O4S. The Morgan fingerprint density at radius 1 is 1.13 bits per heavy atom. The van der Waals surface area contributed by atoms with Crippen molar-refractivity contribution in [2.75, 3.05) is 5.06 Å². The molecule has 0 fully saturated rings. The molecule has 0 unspecified atom stereocenters. The van der Waals surface area contributed by atoms with Crippen LogP contribution < -0.4 is 10.2 Å². The predicted octanol–water partition coefficient (Wildman–Crippen LogP) is 2.55. The lowest BCUT2D eigenvalue weighted by Crippen LogP contribution is -2.17. The molecular weight excluding hydrogens is 323 g/mol. The third kappa shape index (κ3) is 2.91. The first-order valence-corrected chi connectivity index (χ1v) is 8.16. The van der Waals surface area contributed by atoms with Gasteiger partial charge >= 0.3 is 0 Å². The van der Waals surface area contributed by atoms with Gasteiger partial charge < -0.3 is 4.89 Å². The molecule has 0 aromatic heterocycles. The monoisotopic (exact) mass is 336 g/mol. The van der Waals surface area contributed by atoms with Gasteiger partial charge in [-0.25, -0.2) is 17.9 Å². The van der Waals surface area contributed by atoms with Crippen LogP contribution in [0.3, 0.4) is 0 Å². The summed E-state index contributed by atoms with van der Waals surface area (Å²) in [6.07, 6.45) is 0. The van der Waals surface area contributed by atoms with Gasteiger partial charge in [-0.2, -0.15) is 5.06 Å². The van der Waals surface area contributed by atoms with Crippen molar-refractivity contribution in [2.45, 2.75) is 11.8 Å². The maximum absolute atomic E-state index is 14.1. The molecule has 3 rings (SSSR count). The van der Waals surface area contributed by atoms with Crippen LogP contribution in [0.2, 0.25) is 0 Å². The summed E-state index contributed by atoms with van der Waals surface area (Å²) in [5.74, 6) is -0.526. The Labute approximate surface area is 132 Å². The summed E-state index contributed by atoms with van der Waals surface area (Å²) in [5, 5.41) is 6.36. The zero-order valence-electron chi connectivity index (χ0n) is 12.1. The van der Waals surface area contributed by atoms with Gasteiger partial charge in [0.1, 0.15) is 16.4 Å². The molecule has 0 saturated heterocycles. The van der Waals surface area contributed by atoms with Crippen LogP contribution in [0, 0.1) is 5.82 Å². The molecule has 0 saturated carbocycles. The van der Waals surface area contributed by atoms with Crippen molar-refractivity contribution in [2.24, 2.45) is 5.14 Å². The van der Waals surface area contributed by atoms with Crippen LogP contribution >= 0.6 is 0 Å². The summed E-state index contributed by atoms with van der Waals surface area (Å²) in [4.78, 5) is 9.65. The summed E-state index contributed by atoms with van der Waals surface area (Å²) in [6, 6.07) is 12.7. The van der Waals surface area contributed by atoms with Gasteiger partial charge in [-0.15, -0.1) is 0 Å². The number of anilines is 1. The van der Waals surface area contributed by atoms with Gasteiger partial charge in [-0.1, -0.05) is 29.3 Å². The third-order valence-corrected chi connectivity index (χ3v) is 4.22. The number of halogens is 1. The van der Waals surface area contributed by atoms with Gasteiger partial charge in [0.05, 0.1) is 5.69 Å². The summed E-state index contributed by atoms with van der Waals surface area (Å²) in [5.41, 5.74) is 1.54. The van der Waals surface area contributed by atoms with Gasteiger partial charge in [-0.05, 0) is 31.2 Å². The topological polar surface area (TPSA) is 81.9 Å². The minimum atomic E-state index is -4.12. The van der Waals surface area contributed by atoms with E-state index in [4.69, 9.17) is 15.0 Å². The van der Waals surface area contributed by atoms with E-state index in [0.717, 1.165) is 12.1 Å². The van der Waals surface area contributed by atoms with Crippen molar-refractivity contribution in [3.63, 3.8) is 0 Å². The van der Waals surface area contributed by atoms with Crippen molar-refractivity contribution >= 4 is 21.4 Å². The van der Waals surface area contributed by atoms with Gasteiger partial charge in [0.2, 0.25) is 10.0 Å².